The Morgan fingerprint density at radius 2 is 1.78 bits per heavy atom. The van der Waals surface area contributed by atoms with Gasteiger partial charge in [-0.25, -0.2) is 0 Å². The Morgan fingerprint density at radius 1 is 1.06 bits per heavy atom. The molecule has 1 N–H and O–H groups in total. The van der Waals surface area contributed by atoms with Gasteiger partial charge in [0.05, 0.1) is 16.0 Å². The Labute approximate surface area is 102 Å². The van der Waals surface area contributed by atoms with E-state index < -0.39 is 4.92 Å². The Balaban J connectivity index is 2.30. The summed E-state index contributed by atoms with van der Waals surface area (Å²) in [4.78, 5) is 10.6. The number of rotatable bonds is 2. The minimum absolute atomic E-state index is 0.0646. The average molecular weight is 239 g/mol. The molecule has 0 amide bonds. The van der Waals surface area contributed by atoms with Crippen LogP contribution in [-0.4, -0.2) is 15.1 Å². The third-order valence-electron chi connectivity index (χ3n) is 2.83. The zero-order valence-corrected chi connectivity index (χ0v) is 9.33. The van der Waals surface area contributed by atoms with Crippen molar-refractivity contribution in [1.29, 1.82) is 0 Å². The molecule has 1 aromatic heterocycles. The summed E-state index contributed by atoms with van der Waals surface area (Å²) in [5, 5.41) is 19.0. The molecule has 0 unspecified atom stereocenters. The van der Waals surface area contributed by atoms with E-state index in [4.69, 9.17) is 0 Å². The Kier molecular flexibility index (Phi) is 2.30. The quantitative estimate of drug-likeness (QED) is 0.551. The maximum absolute atomic E-state index is 11.0. The van der Waals surface area contributed by atoms with Crippen LogP contribution in [0.5, 0.6) is 0 Å². The van der Waals surface area contributed by atoms with Crippen LogP contribution in [0.3, 0.4) is 0 Å². The summed E-state index contributed by atoms with van der Waals surface area (Å²) in [6.07, 6.45) is 0. The molecule has 0 spiro atoms. The first-order valence-corrected chi connectivity index (χ1v) is 5.44. The number of nitro benzene ring substituents is 1. The molecule has 0 radical (unpaired) electrons. The van der Waals surface area contributed by atoms with Crippen LogP contribution in [0.15, 0.2) is 48.5 Å². The van der Waals surface area contributed by atoms with Gasteiger partial charge in [0.15, 0.2) is 0 Å². The zero-order valence-electron chi connectivity index (χ0n) is 9.33. The van der Waals surface area contributed by atoms with Crippen LogP contribution in [0.2, 0.25) is 0 Å². The first-order chi connectivity index (χ1) is 8.77. The molecule has 3 aromatic rings. The number of H-pyrrole nitrogens is 1. The second-order valence-electron chi connectivity index (χ2n) is 3.89. The van der Waals surface area contributed by atoms with E-state index in [-0.39, 0.29) is 5.69 Å². The monoisotopic (exact) mass is 239 g/mol. The minimum atomic E-state index is -0.390. The van der Waals surface area contributed by atoms with Crippen molar-refractivity contribution >= 4 is 16.6 Å². The number of nitro groups is 1. The van der Waals surface area contributed by atoms with Crippen molar-refractivity contribution < 1.29 is 4.92 Å². The number of hydrogen-bond donors (Lipinski definition) is 1. The Hall–Kier alpha value is -2.69. The van der Waals surface area contributed by atoms with Gasteiger partial charge in [-0.1, -0.05) is 30.3 Å². The highest BCUT2D eigenvalue weighted by molar-refractivity contribution is 5.94. The predicted octanol–water partition coefficient (Wildman–Crippen LogP) is 3.14. The summed E-state index contributed by atoms with van der Waals surface area (Å²) in [5.41, 5.74) is 2.07. The van der Waals surface area contributed by atoms with Crippen LogP contribution in [0, 0.1) is 10.1 Å². The number of para-hydroxylation sites is 2. The van der Waals surface area contributed by atoms with Crippen LogP contribution in [-0.2, 0) is 0 Å². The van der Waals surface area contributed by atoms with Crippen LogP contribution >= 0.6 is 0 Å². The fourth-order valence-electron chi connectivity index (χ4n) is 2.00. The van der Waals surface area contributed by atoms with Crippen molar-refractivity contribution in [3.63, 3.8) is 0 Å². The van der Waals surface area contributed by atoms with E-state index in [0.29, 0.717) is 11.3 Å². The molecule has 0 fully saturated rings. The molecule has 1 heterocycles. The smallest absolute Gasteiger partial charge is 0.277 e. The molecule has 0 atom stereocenters. The van der Waals surface area contributed by atoms with Gasteiger partial charge in [0.25, 0.3) is 5.69 Å². The van der Waals surface area contributed by atoms with Crippen molar-refractivity contribution in [2.24, 2.45) is 0 Å². The maximum Gasteiger partial charge on any atom is 0.278 e. The zero-order chi connectivity index (χ0) is 12.5. The van der Waals surface area contributed by atoms with Crippen LogP contribution in [0.1, 0.15) is 0 Å². The van der Waals surface area contributed by atoms with E-state index >= 15 is 0 Å². The molecule has 0 saturated heterocycles. The molecular weight excluding hydrogens is 230 g/mol. The summed E-state index contributed by atoms with van der Waals surface area (Å²) < 4.78 is 0. The molecule has 3 rings (SSSR count). The van der Waals surface area contributed by atoms with Crippen molar-refractivity contribution in [2.45, 2.75) is 0 Å². The van der Waals surface area contributed by atoms with Gasteiger partial charge >= 0.3 is 0 Å². The number of nitrogens with one attached hydrogen (secondary N) is 1. The van der Waals surface area contributed by atoms with Gasteiger partial charge in [0.2, 0.25) is 0 Å². The maximum atomic E-state index is 11.0. The number of hydrogen-bond acceptors (Lipinski definition) is 3. The molecule has 2 aromatic carbocycles. The van der Waals surface area contributed by atoms with Gasteiger partial charge in [0.1, 0.15) is 5.69 Å². The fourth-order valence-corrected chi connectivity index (χ4v) is 2.00. The predicted molar refractivity (Wildman–Crippen MR) is 68.2 cm³/mol. The largest absolute Gasteiger partial charge is 0.278 e. The van der Waals surface area contributed by atoms with E-state index in [1.165, 1.54) is 6.07 Å². The van der Waals surface area contributed by atoms with Crippen LogP contribution in [0.25, 0.3) is 22.2 Å². The number of aromatic amines is 1. The Bertz CT molecular complexity index is 734. The molecule has 18 heavy (non-hydrogen) atoms. The second-order valence-corrected chi connectivity index (χ2v) is 3.89. The van der Waals surface area contributed by atoms with Gasteiger partial charge in [-0.3, -0.25) is 15.2 Å². The number of nitrogens with zero attached hydrogens (tertiary/aromatic N) is 2. The van der Waals surface area contributed by atoms with Gasteiger partial charge in [0, 0.05) is 11.5 Å². The van der Waals surface area contributed by atoms with Gasteiger partial charge in [-0.2, -0.15) is 5.10 Å². The highest BCUT2D eigenvalue weighted by Gasteiger charge is 2.18. The summed E-state index contributed by atoms with van der Waals surface area (Å²) in [6, 6.07) is 14.2. The summed E-state index contributed by atoms with van der Waals surface area (Å²) >= 11 is 0. The summed E-state index contributed by atoms with van der Waals surface area (Å²) in [5.74, 6) is 0. The van der Waals surface area contributed by atoms with Crippen molar-refractivity contribution in [3.8, 4) is 11.3 Å². The molecule has 5 heteroatoms. The lowest BCUT2D eigenvalue weighted by Crippen LogP contribution is -1.91. The van der Waals surface area contributed by atoms with Crippen molar-refractivity contribution in [2.75, 3.05) is 0 Å². The van der Waals surface area contributed by atoms with Crippen LogP contribution < -0.4 is 0 Å². The lowest BCUT2D eigenvalue weighted by atomic mass is 10.1. The lowest BCUT2D eigenvalue weighted by molar-refractivity contribution is -0.384. The standard InChI is InChI=1S/C13H9N3O2/c17-16(18)12-8-4-2-6-10(12)13-9-5-1-3-7-11(9)14-15-13/h1-8H,(H,14,15). The van der Waals surface area contributed by atoms with Gasteiger partial charge < -0.3 is 0 Å². The second kappa shape index (κ2) is 3.96. The molecule has 0 aliphatic rings. The van der Waals surface area contributed by atoms with Gasteiger partial charge in [-0.05, 0) is 12.1 Å². The molecule has 5 nitrogen and oxygen atoms in total. The van der Waals surface area contributed by atoms with Gasteiger partial charge in [-0.15, -0.1) is 0 Å². The topological polar surface area (TPSA) is 71.8 Å². The average Bonchev–Trinajstić information content (AvgIpc) is 2.82. The van der Waals surface area contributed by atoms with E-state index in [0.717, 1.165) is 10.9 Å². The summed E-state index contributed by atoms with van der Waals surface area (Å²) in [7, 11) is 0. The molecular formula is C13H9N3O2. The molecule has 0 aliphatic heterocycles. The first-order valence-electron chi connectivity index (χ1n) is 5.44. The molecule has 0 saturated carbocycles. The summed E-state index contributed by atoms with van der Waals surface area (Å²) in [6.45, 7) is 0. The number of fused-ring (bicyclic) bond motifs is 1. The third kappa shape index (κ3) is 1.53. The highest BCUT2D eigenvalue weighted by atomic mass is 16.6. The van der Waals surface area contributed by atoms with Crippen LogP contribution in [0.4, 0.5) is 5.69 Å². The van der Waals surface area contributed by atoms with Crippen molar-refractivity contribution in [1.82, 2.24) is 10.2 Å². The third-order valence-corrected chi connectivity index (χ3v) is 2.83. The van der Waals surface area contributed by atoms with E-state index in [9.17, 15) is 10.1 Å². The SMILES string of the molecule is O=[N+]([O-])c1ccccc1-c1n[nH]c2ccccc12. The van der Waals surface area contributed by atoms with E-state index in [1.807, 2.05) is 24.3 Å². The first kappa shape index (κ1) is 10.5. The Morgan fingerprint density at radius 3 is 2.61 bits per heavy atom. The molecule has 0 aliphatic carbocycles. The normalized spacial score (nSPS) is 10.7. The molecule has 0 bridgehead atoms. The van der Waals surface area contributed by atoms with E-state index in [1.54, 1.807) is 18.2 Å². The minimum Gasteiger partial charge on any atom is -0.277 e. The van der Waals surface area contributed by atoms with E-state index in [2.05, 4.69) is 10.2 Å². The molecule has 88 valence electrons. The fraction of sp³-hybridized carbons (Fsp3) is 0. The number of benzene rings is 2. The highest BCUT2D eigenvalue weighted by Crippen LogP contribution is 2.32. The van der Waals surface area contributed by atoms with Crippen molar-refractivity contribution in [3.05, 3.63) is 58.6 Å². The lowest BCUT2D eigenvalue weighted by Gasteiger charge is -1.99. The number of aromatic nitrogens is 2.